The molecule has 146 valence electrons. The number of rotatable bonds is 6. The molecule has 0 aliphatic carbocycles. The molecule has 0 bridgehead atoms. The zero-order chi connectivity index (χ0) is 19.7. The van der Waals surface area contributed by atoms with Gasteiger partial charge in [-0.05, 0) is 35.6 Å². The molecule has 2 atom stereocenters. The summed E-state index contributed by atoms with van der Waals surface area (Å²) in [5.41, 5.74) is 1.90. The highest BCUT2D eigenvalue weighted by molar-refractivity contribution is 6.04. The summed E-state index contributed by atoms with van der Waals surface area (Å²) in [5, 5.41) is 0. The molecule has 2 fully saturated rings. The smallest absolute Gasteiger partial charge is 0.327 e. The van der Waals surface area contributed by atoms with Gasteiger partial charge in [0.05, 0.1) is 13.7 Å². The number of benzene rings is 2. The average Bonchev–Trinajstić information content (AvgIpc) is 3.21. The van der Waals surface area contributed by atoms with Gasteiger partial charge in [-0.2, -0.15) is 0 Å². The minimum atomic E-state index is -0.303. The van der Waals surface area contributed by atoms with Crippen molar-refractivity contribution in [3.63, 3.8) is 0 Å². The van der Waals surface area contributed by atoms with E-state index in [1.807, 2.05) is 55.5 Å². The van der Waals surface area contributed by atoms with Crippen molar-refractivity contribution in [2.75, 3.05) is 13.7 Å². The van der Waals surface area contributed by atoms with Crippen LogP contribution in [-0.2, 0) is 17.9 Å². The van der Waals surface area contributed by atoms with Crippen LogP contribution in [0.25, 0.3) is 0 Å². The highest BCUT2D eigenvalue weighted by atomic mass is 16.5. The summed E-state index contributed by atoms with van der Waals surface area (Å²) in [4.78, 5) is 28.3. The standard InChI is InChI=1S/C22H24N2O4/c1-15-10-11-23-20(15)21(25)24(22(23)26)13-17-8-9-18(19(12-17)27-2)28-14-16-6-4-3-5-7-16/h3-9,12,15,20H,10-11,13-14H2,1-2H3. The van der Waals surface area contributed by atoms with Crippen LogP contribution in [0.15, 0.2) is 48.5 Å². The van der Waals surface area contributed by atoms with Crippen LogP contribution in [0.5, 0.6) is 11.5 Å². The topological polar surface area (TPSA) is 59.1 Å². The minimum absolute atomic E-state index is 0.0987. The normalized spacial score (nSPS) is 21.2. The summed E-state index contributed by atoms with van der Waals surface area (Å²) >= 11 is 0. The summed E-state index contributed by atoms with van der Waals surface area (Å²) in [7, 11) is 1.58. The Hall–Kier alpha value is -3.02. The van der Waals surface area contributed by atoms with E-state index in [9.17, 15) is 9.59 Å². The lowest BCUT2D eigenvalue weighted by Gasteiger charge is -2.17. The van der Waals surface area contributed by atoms with Crippen LogP contribution in [0, 0.1) is 5.92 Å². The Kier molecular flexibility index (Phi) is 4.94. The molecule has 0 saturated carbocycles. The van der Waals surface area contributed by atoms with Gasteiger partial charge in [-0.25, -0.2) is 4.79 Å². The second kappa shape index (κ2) is 7.54. The highest BCUT2D eigenvalue weighted by Gasteiger charge is 2.50. The first kappa shape index (κ1) is 18.3. The monoisotopic (exact) mass is 380 g/mol. The number of hydrogen-bond donors (Lipinski definition) is 0. The molecule has 2 saturated heterocycles. The van der Waals surface area contributed by atoms with Crippen molar-refractivity contribution in [1.82, 2.24) is 9.80 Å². The summed E-state index contributed by atoms with van der Waals surface area (Å²) in [5.74, 6) is 1.33. The molecular formula is C22H24N2O4. The zero-order valence-electron chi connectivity index (χ0n) is 16.1. The quantitative estimate of drug-likeness (QED) is 0.721. The van der Waals surface area contributed by atoms with Gasteiger partial charge < -0.3 is 14.4 Å². The molecule has 3 amide bonds. The molecule has 2 aliphatic rings. The second-order valence-electron chi connectivity index (χ2n) is 7.37. The van der Waals surface area contributed by atoms with Crippen molar-refractivity contribution in [3.05, 3.63) is 59.7 Å². The number of nitrogens with zero attached hydrogens (tertiary/aromatic N) is 2. The Labute approximate surface area is 164 Å². The molecule has 6 heteroatoms. The lowest BCUT2D eigenvalue weighted by Crippen LogP contribution is -2.33. The number of ether oxygens (including phenoxy) is 2. The third kappa shape index (κ3) is 3.30. The summed E-state index contributed by atoms with van der Waals surface area (Å²) < 4.78 is 11.3. The van der Waals surface area contributed by atoms with Gasteiger partial charge in [-0.1, -0.05) is 43.3 Å². The van der Waals surface area contributed by atoms with Gasteiger partial charge in [0.2, 0.25) is 0 Å². The van der Waals surface area contributed by atoms with Crippen molar-refractivity contribution in [2.45, 2.75) is 32.5 Å². The average molecular weight is 380 g/mol. The molecule has 2 aliphatic heterocycles. The van der Waals surface area contributed by atoms with Crippen LogP contribution < -0.4 is 9.47 Å². The van der Waals surface area contributed by atoms with Gasteiger partial charge in [0.1, 0.15) is 12.6 Å². The number of imide groups is 1. The Bertz CT molecular complexity index is 883. The number of carbonyl (C=O) groups is 2. The lowest BCUT2D eigenvalue weighted by molar-refractivity contribution is -0.129. The van der Waals surface area contributed by atoms with Crippen molar-refractivity contribution < 1.29 is 19.1 Å². The van der Waals surface area contributed by atoms with Crippen molar-refractivity contribution in [2.24, 2.45) is 5.92 Å². The molecule has 2 aromatic carbocycles. The maximum atomic E-state index is 12.7. The van der Waals surface area contributed by atoms with Crippen LogP contribution >= 0.6 is 0 Å². The van der Waals surface area contributed by atoms with E-state index in [0.29, 0.717) is 24.7 Å². The second-order valence-corrected chi connectivity index (χ2v) is 7.37. The van der Waals surface area contributed by atoms with E-state index >= 15 is 0 Å². The van der Waals surface area contributed by atoms with Crippen LogP contribution in [-0.4, -0.2) is 41.4 Å². The molecule has 6 nitrogen and oxygen atoms in total. The number of urea groups is 1. The third-order valence-electron chi connectivity index (χ3n) is 5.50. The summed E-state index contributed by atoms with van der Waals surface area (Å²) in [6.45, 7) is 3.37. The number of amides is 3. The van der Waals surface area contributed by atoms with E-state index in [-0.39, 0.29) is 30.4 Å². The van der Waals surface area contributed by atoms with Crippen molar-refractivity contribution in [1.29, 1.82) is 0 Å². The number of methoxy groups -OCH3 is 1. The molecule has 2 unspecified atom stereocenters. The molecule has 0 aromatic heterocycles. The van der Waals surface area contributed by atoms with E-state index in [2.05, 4.69) is 0 Å². The Morgan fingerprint density at radius 1 is 1.04 bits per heavy atom. The van der Waals surface area contributed by atoms with Gasteiger partial charge in [-0.3, -0.25) is 9.69 Å². The predicted octanol–water partition coefficient (Wildman–Crippen LogP) is 3.45. The fourth-order valence-electron chi connectivity index (χ4n) is 3.94. The van der Waals surface area contributed by atoms with Gasteiger partial charge in [0, 0.05) is 6.54 Å². The van der Waals surface area contributed by atoms with E-state index in [1.165, 1.54) is 4.90 Å². The maximum absolute atomic E-state index is 12.7. The molecule has 0 spiro atoms. The number of hydrogen-bond acceptors (Lipinski definition) is 4. The van der Waals surface area contributed by atoms with E-state index in [4.69, 9.17) is 9.47 Å². The largest absolute Gasteiger partial charge is 0.493 e. The fourth-order valence-corrected chi connectivity index (χ4v) is 3.94. The van der Waals surface area contributed by atoms with Crippen LogP contribution in [0.2, 0.25) is 0 Å². The molecule has 4 rings (SSSR count). The van der Waals surface area contributed by atoms with E-state index in [1.54, 1.807) is 12.0 Å². The molecule has 2 heterocycles. The Balaban J connectivity index is 1.47. The first-order valence-corrected chi connectivity index (χ1v) is 9.54. The van der Waals surface area contributed by atoms with Crippen molar-refractivity contribution >= 4 is 11.9 Å². The third-order valence-corrected chi connectivity index (χ3v) is 5.50. The predicted molar refractivity (Wildman–Crippen MR) is 104 cm³/mol. The van der Waals surface area contributed by atoms with Crippen LogP contribution in [0.4, 0.5) is 4.79 Å². The summed E-state index contributed by atoms with van der Waals surface area (Å²) in [6, 6.07) is 14.9. The fraction of sp³-hybridized carbons (Fsp3) is 0.364. The van der Waals surface area contributed by atoms with Gasteiger partial charge in [0.15, 0.2) is 11.5 Å². The van der Waals surface area contributed by atoms with Crippen LogP contribution in [0.1, 0.15) is 24.5 Å². The van der Waals surface area contributed by atoms with E-state index < -0.39 is 0 Å². The number of fused-ring (bicyclic) bond motifs is 1. The first-order chi connectivity index (χ1) is 13.6. The highest BCUT2D eigenvalue weighted by Crippen LogP contribution is 2.34. The Morgan fingerprint density at radius 3 is 2.54 bits per heavy atom. The van der Waals surface area contributed by atoms with Gasteiger partial charge in [0.25, 0.3) is 5.91 Å². The molecule has 0 radical (unpaired) electrons. The van der Waals surface area contributed by atoms with E-state index in [0.717, 1.165) is 17.5 Å². The molecular weight excluding hydrogens is 356 g/mol. The van der Waals surface area contributed by atoms with Crippen LogP contribution in [0.3, 0.4) is 0 Å². The van der Waals surface area contributed by atoms with Crippen molar-refractivity contribution in [3.8, 4) is 11.5 Å². The Morgan fingerprint density at radius 2 is 1.82 bits per heavy atom. The minimum Gasteiger partial charge on any atom is -0.493 e. The zero-order valence-corrected chi connectivity index (χ0v) is 16.1. The SMILES string of the molecule is COc1cc(CN2C(=O)C3C(C)CCN3C2=O)ccc1OCc1ccccc1. The maximum Gasteiger partial charge on any atom is 0.327 e. The van der Waals surface area contributed by atoms with Gasteiger partial charge >= 0.3 is 6.03 Å². The lowest BCUT2D eigenvalue weighted by atomic mass is 10.0. The number of carbonyl (C=O) groups excluding carboxylic acids is 2. The van der Waals surface area contributed by atoms with Gasteiger partial charge in [-0.15, -0.1) is 0 Å². The molecule has 28 heavy (non-hydrogen) atoms. The molecule has 2 aromatic rings. The first-order valence-electron chi connectivity index (χ1n) is 9.54. The molecule has 0 N–H and O–H groups in total. The summed E-state index contributed by atoms with van der Waals surface area (Å²) in [6.07, 6.45) is 0.886.